The third-order valence-corrected chi connectivity index (χ3v) is 4.55. The highest BCUT2D eigenvalue weighted by Gasteiger charge is 2.21. The van der Waals surface area contributed by atoms with Gasteiger partial charge in [0.05, 0.1) is 13.7 Å². The maximum atomic E-state index is 12.8. The van der Waals surface area contributed by atoms with Crippen LogP contribution in [0.2, 0.25) is 0 Å². The molecule has 0 aliphatic heterocycles. The standard InChI is InChI=1S/C22H24N2O3/c1-14(2)22(26)24(18-6-8-19(27-4)9-7-18)13-17-12-16-11-15(3)5-10-20(16)23-21(17)25/h5-12,14H,13H2,1-4H3,(H,23,25). The van der Waals surface area contributed by atoms with E-state index in [-0.39, 0.29) is 23.9 Å². The van der Waals surface area contributed by atoms with Crippen molar-refractivity contribution in [1.82, 2.24) is 4.98 Å². The van der Waals surface area contributed by atoms with E-state index in [9.17, 15) is 9.59 Å². The number of H-pyrrole nitrogens is 1. The molecule has 3 aromatic rings. The smallest absolute Gasteiger partial charge is 0.253 e. The summed E-state index contributed by atoms with van der Waals surface area (Å²) in [5.41, 5.74) is 3.02. The van der Waals surface area contributed by atoms with E-state index >= 15 is 0 Å². The molecule has 1 N–H and O–H groups in total. The van der Waals surface area contributed by atoms with E-state index in [0.29, 0.717) is 5.56 Å². The number of hydrogen-bond acceptors (Lipinski definition) is 3. The number of aryl methyl sites for hydroxylation is 1. The van der Waals surface area contributed by atoms with E-state index in [2.05, 4.69) is 4.98 Å². The molecule has 5 nitrogen and oxygen atoms in total. The van der Waals surface area contributed by atoms with Crippen LogP contribution in [-0.2, 0) is 11.3 Å². The summed E-state index contributed by atoms with van der Waals surface area (Å²) < 4.78 is 5.20. The first-order valence-corrected chi connectivity index (χ1v) is 8.97. The minimum absolute atomic E-state index is 0.0380. The lowest BCUT2D eigenvalue weighted by Gasteiger charge is -2.25. The first-order valence-electron chi connectivity index (χ1n) is 8.97. The highest BCUT2D eigenvalue weighted by atomic mass is 16.5. The molecule has 0 fully saturated rings. The number of amides is 1. The maximum Gasteiger partial charge on any atom is 0.253 e. The number of nitrogens with one attached hydrogen (secondary N) is 1. The molecule has 5 heteroatoms. The second-order valence-corrected chi connectivity index (χ2v) is 6.99. The number of pyridine rings is 1. The molecule has 0 radical (unpaired) electrons. The Bertz CT molecular complexity index is 1020. The molecule has 0 spiro atoms. The van der Waals surface area contributed by atoms with Crippen molar-refractivity contribution in [3.05, 3.63) is 70.0 Å². The number of rotatable bonds is 5. The predicted molar refractivity (Wildman–Crippen MR) is 108 cm³/mol. The van der Waals surface area contributed by atoms with Crippen LogP contribution in [0.4, 0.5) is 5.69 Å². The number of anilines is 1. The van der Waals surface area contributed by atoms with E-state index in [1.807, 2.05) is 69.3 Å². The van der Waals surface area contributed by atoms with Crippen LogP contribution in [0.15, 0.2) is 53.3 Å². The van der Waals surface area contributed by atoms with E-state index in [0.717, 1.165) is 27.9 Å². The Balaban J connectivity index is 2.03. The van der Waals surface area contributed by atoms with E-state index < -0.39 is 0 Å². The van der Waals surface area contributed by atoms with Gasteiger partial charge in [-0.05, 0) is 54.8 Å². The number of hydrogen-bond donors (Lipinski definition) is 1. The number of methoxy groups -OCH3 is 1. The van der Waals surface area contributed by atoms with Crippen molar-refractivity contribution in [2.45, 2.75) is 27.3 Å². The zero-order valence-electron chi connectivity index (χ0n) is 16.1. The van der Waals surface area contributed by atoms with E-state index in [1.54, 1.807) is 12.0 Å². The third kappa shape index (κ3) is 4.03. The number of carbonyl (C=O) groups excluding carboxylic acids is 1. The number of ether oxygens (including phenoxy) is 1. The molecule has 0 aliphatic rings. The summed E-state index contributed by atoms with van der Waals surface area (Å²) in [6.45, 7) is 5.93. The van der Waals surface area contributed by atoms with Crippen LogP contribution >= 0.6 is 0 Å². The van der Waals surface area contributed by atoms with Crippen LogP contribution in [0.3, 0.4) is 0 Å². The minimum atomic E-state index is -0.186. The molecular formula is C22H24N2O3. The van der Waals surface area contributed by atoms with Gasteiger partial charge >= 0.3 is 0 Å². The monoisotopic (exact) mass is 364 g/mol. The van der Waals surface area contributed by atoms with E-state index in [4.69, 9.17) is 4.74 Å². The van der Waals surface area contributed by atoms with Gasteiger partial charge in [-0.2, -0.15) is 0 Å². The van der Waals surface area contributed by atoms with Gasteiger partial charge in [-0.1, -0.05) is 25.5 Å². The van der Waals surface area contributed by atoms with Crippen LogP contribution in [0.25, 0.3) is 10.9 Å². The normalized spacial score (nSPS) is 11.0. The number of fused-ring (bicyclic) bond motifs is 1. The van der Waals surface area contributed by atoms with Crippen molar-refractivity contribution >= 4 is 22.5 Å². The summed E-state index contributed by atoms with van der Waals surface area (Å²) in [4.78, 5) is 29.9. The average molecular weight is 364 g/mol. The lowest BCUT2D eigenvalue weighted by atomic mass is 10.1. The van der Waals surface area contributed by atoms with Gasteiger partial charge < -0.3 is 14.6 Å². The Hall–Kier alpha value is -3.08. The molecule has 1 aromatic heterocycles. The summed E-state index contributed by atoms with van der Waals surface area (Å²) in [5.74, 6) is 0.493. The summed E-state index contributed by atoms with van der Waals surface area (Å²) in [5, 5.41) is 0.955. The second kappa shape index (κ2) is 7.66. The lowest BCUT2D eigenvalue weighted by molar-refractivity contribution is -0.121. The summed E-state index contributed by atoms with van der Waals surface area (Å²) in [6.07, 6.45) is 0. The van der Waals surface area contributed by atoms with Crippen LogP contribution in [0, 0.1) is 12.8 Å². The van der Waals surface area contributed by atoms with Crippen LogP contribution in [0.5, 0.6) is 5.75 Å². The summed E-state index contributed by atoms with van der Waals surface area (Å²) in [6, 6.07) is 15.0. The van der Waals surface area contributed by atoms with Crippen LogP contribution in [0.1, 0.15) is 25.0 Å². The fourth-order valence-electron chi connectivity index (χ4n) is 3.03. The number of aromatic amines is 1. The highest BCUT2D eigenvalue weighted by Crippen LogP contribution is 2.23. The van der Waals surface area contributed by atoms with Gasteiger partial charge in [0.25, 0.3) is 5.56 Å². The first kappa shape index (κ1) is 18.7. The molecule has 0 atom stereocenters. The van der Waals surface area contributed by atoms with Crippen molar-refractivity contribution in [2.75, 3.05) is 12.0 Å². The Kier molecular flexibility index (Phi) is 5.31. The predicted octanol–water partition coefficient (Wildman–Crippen LogP) is 4.03. The van der Waals surface area contributed by atoms with E-state index in [1.165, 1.54) is 0 Å². The molecule has 2 aromatic carbocycles. The molecule has 0 aliphatic carbocycles. The topological polar surface area (TPSA) is 62.4 Å². The molecular weight excluding hydrogens is 340 g/mol. The Morgan fingerprint density at radius 1 is 1.11 bits per heavy atom. The van der Waals surface area contributed by atoms with Gasteiger partial charge in [-0.15, -0.1) is 0 Å². The van der Waals surface area contributed by atoms with Crippen molar-refractivity contribution in [2.24, 2.45) is 5.92 Å². The fourth-order valence-corrected chi connectivity index (χ4v) is 3.03. The molecule has 0 saturated heterocycles. The van der Waals surface area contributed by atoms with Crippen molar-refractivity contribution in [1.29, 1.82) is 0 Å². The molecule has 1 heterocycles. The molecule has 3 rings (SSSR count). The highest BCUT2D eigenvalue weighted by molar-refractivity contribution is 5.94. The zero-order valence-corrected chi connectivity index (χ0v) is 16.1. The van der Waals surface area contributed by atoms with Crippen LogP contribution < -0.4 is 15.2 Å². The van der Waals surface area contributed by atoms with Gasteiger partial charge in [-0.25, -0.2) is 0 Å². The molecule has 1 amide bonds. The van der Waals surface area contributed by atoms with Crippen molar-refractivity contribution < 1.29 is 9.53 Å². The average Bonchev–Trinajstić information content (AvgIpc) is 2.66. The second-order valence-electron chi connectivity index (χ2n) is 6.99. The number of nitrogens with zero attached hydrogens (tertiary/aromatic N) is 1. The Morgan fingerprint density at radius 2 is 1.81 bits per heavy atom. The lowest BCUT2D eigenvalue weighted by Crippen LogP contribution is -2.35. The van der Waals surface area contributed by atoms with Crippen molar-refractivity contribution in [3.63, 3.8) is 0 Å². The molecule has 0 saturated carbocycles. The number of carbonyl (C=O) groups is 1. The van der Waals surface area contributed by atoms with Gasteiger partial charge in [-0.3, -0.25) is 9.59 Å². The maximum absolute atomic E-state index is 12.8. The first-order chi connectivity index (χ1) is 12.9. The summed E-state index contributed by atoms with van der Waals surface area (Å²) in [7, 11) is 1.60. The van der Waals surface area contributed by atoms with Gasteiger partial charge in [0, 0.05) is 22.7 Å². The molecule has 0 unspecified atom stereocenters. The van der Waals surface area contributed by atoms with Gasteiger partial charge in [0.2, 0.25) is 5.91 Å². The summed E-state index contributed by atoms with van der Waals surface area (Å²) >= 11 is 0. The third-order valence-electron chi connectivity index (χ3n) is 4.55. The largest absolute Gasteiger partial charge is 0.497 e. The number of aromatic nitrogens is 1. The van der Waals surface area contributed by atoms with Crippen molar-refractivity contribution in [3.8, 4) is 5.75 Å². The Morgan fingerprint density at radius 3 is 2.44 bits per heavy atom. The molecule has 27 heavy (non-hydrogen) atoms. The quantitative estimate of drug-likeness (QED) is 0.743. The van der Waals surface area contributed by atoms with Gasteiger partial charge in [0.1, 0.15) is 5.75 Å². The SMILES string of the molecule is COc1ccc(N(Cc2cc3cc(C)ccc3[nH]c2=O)C(=O)C(C)C)cc1. The van der Waals surface area contributed by atoms with Gasteiger partial charge in [0.15, 0.2) is 0 Å². The van der Waals surface area contributed by atoms with Crippen LogP contribution in [-0.4, -0.2) is 18.0 Å². The fraction of sp³-hybridized carbons (Fsp3) is 0.273. The minimum Gasteiger partial charge on any atom is -0.497 e. The zero-order chi connectivity index (χ0) is 19.6. The number of benzene rings is 2. The molecule has 0 bridgehead atoms. The Labute approximate surface area is 158 Å². The molecule has 140 valence electrons.